The van der Waals surface area contributed by atoms with E-state index in [2.05, 4.69) is 46.3 Å². The lowest BCUT2D eigenvalue weighted by molar-refractivity contribution is 0.0591. The van der Waals surface area contributed by atoms with Gasteiger partial charge in [0.05, 0.1) is 23.3 Å². The van der Waals surface area contributed by atoms with Crippen molar-refractivity contribution in [2.45, 2.75) is 35.6 Å². The first kappa shape index (κ1) is 25.4. The van der Waals surface area contributed by atoms with Crippen molar-refractivity contribution in [1.82, 2.24) is 9.80 Å². The molecule has 2 aliphatic heterocycles. The molecule has 0 saturated carbocycles. The number of carbonyl (C=O) groups is 1. The van der Waals surface area contributed by atoms with Gasteiger partial charge in [-0.2, -0.15) is 0 Å². The average Bonchev–Trinajstić information content (AvgIpc) is 2.87. The molecule has 5 nitrogen and oxygen atoms in total. The molecular weight excluding hydrogens is 489 g/mol. The SMILES string of the molecule is CCN1CCC(Nc2cccc(Sc3ccc(C(=O)C=CN4CCOCC4)c(Cl)c3Cl)c2)CC1. The van der Waals surface area contributed by atoms with E-state index in [1.54, 1.807) is 23.9 Å². The normalized spacial score (nSPS) is 17.9. The number of carbonyl (C=O) groups excluding carboxylic acids is 1. The van der Waals surface area contributed by atoms with Crippen molar-refractivity contribution in [3.8, 4) is 0 Å². The number of hydrogen-bond donors (Lipinski definition) is 1. The molecule has 0 bridgehead atoms. The lowest BCUT2D eigenvalue weighted by Crippen LogP contribution is -2.38. The van der Waals surface area contributed by atoms with Gasteiger partial charge in [-0.15, -0.1) is 0 Å². The van der Waals surface area contributed by atoms with E-state index in [1.807, 2.05) is 12.3 Å². The highest BCUT2D eigenvalue weighted by molar-refractivity contribution is 7.99. The number of ether oxygens (including phenoxy) is 1. The zero-order valence-corrected chi connectivity index (χ0v) is 21.8. The molecule has 1 N–H and O–H groups in total. The number of likely N-dealkylation sites (tertiary alicyclic amines) is 1. The molecule has 182 valence electrons. The standard InChI is InChI=1S/C26H31Cl2N3O2S/c1-2-30-11-8-19(9-12-30)29-20-4-3-5-21(18-20)34-24-7-6-22(25(27)26(24)28)23(32)10-13-31-14-16-33-17-15-31/h3-7,10,13,18-19,29H,2,8-9,11-12,14-17H2,1H3. The Morgan fingerprint density at radius 2 is 1.88 bits per heavy atom. The molecule has 2 saturated heterocycles. The Bertz CT molecular complexity index is 1020. The summed E-state index contributed by atoms with van der Waals surface area (Å²) in [6.07, 6.45) is 5.67. The average molecular weight is 521 g/mol. The summed E-state index contributed by atoms with van der Waals surface area (Å²) in [4.78, 5) is 19.1. The number of rotatable bonds is 8. The Morgan fingerprint density at radius 3 is 2.62 bits per heavy atom. The molecule has 2 heterocycles. The first-order valence-electron chi connectivity index (χ1n) is 11.8. The maximum absolute atomic E-state index is 12.7. The molecule has 4 rings (SSSR count). The van der Waals surface area contributed by atoms with Gasteiger partial charge in [-0.1, -0.05) is 48.0 Å². The lowest BCUT2D eigenvalue weighted by atomic mass is 10.0. The lowest BCUT2D eigenvalue weighted by Gasteiger charge is -2.32. The molecule has 2 aliphatic rings. The van der Waals surface area contributed by atoms with Gasteiger partial charge >= 0.3 is 0 Å². The molecule has 0 aromatic heterocycles. The second-order valence-corrected chi connectivity index (χ2v) is 10.4. The van der Waals surface area contributed by atoms with E-state index in [1.165, 1.54) is 0 Å². The van der Waals surface area contributed by atoms with Gasteiger partial charge in [0.25, 0.3) is 0 Å². The molecule has 2 fully saturated rings. The Morgan fingerprint density at radius 1 is 1.12 bits per heavy atom. The topological polar surface area (TPSA) is 44.8 Å². The largest absolute Gasteiger partial charge is 0.382 e. The van der Waals surface area contributed by atoms with Gasteiger partial charge in [-0.3, -0.25) is 4.79 Å². The van der Waals surface area contributed by atoms with E-state index in [9.17, 15) is 4.79 Å². The summed E-state index contributed by atoms with van der Waals surface area (Å²) in [6.45, 7) is 8.52. The number of hydrogen-bond acceptors (Lipinski definition) is 6. The van der Waals surface area contributed by atoms with Gasteiger partial charge in [0.15, 0.2) is 5.78 Å². The van der Waals surface area contributed by atoms with Crippen molar-refractivity contribution in [3.05, 3.63) is 64.3 Å². The zero-order valence-electron chi connectivity index (χ0n) is 19.4. The van der Waals surface area contributed by atoms with Crippen molar-refractivity contribution in [2.75, 3.05) is 51.3 Å². The number of benzene rings is 2. The Hall–Kier alpha value is -1.70. The summed E-state index contributed by atoms with van der Waals surface area (Å²) in [5.41, 5.74) is 1.52. The van der Waals surface area contributed by atoms with Crippen molar-refractivity contribution < 1.29 is 9.53 Å². The Labute approximate surface area is 216 Å². The minimum absolute atomic E-state index is 0.157. The molecular formula is C26H31Cl2N3O2S. The molecule has 0 radical (unpaired) electrons. The summed E-state index contributed by atoms with van der Waals surface area (Å²) in [5.74, 6) is -0.157. The van der Waals surface area contributed by atoms with Crippen LogP contribution in [0.3, 0.4) is 0 Å². The predicted molar refractivity (Wildman–Crippen MR) is 142 cm³/mol. The minimum Gasteiger partial charge on any atom is -0.382 e. The summed E-state index contributed by atoms with van der Waals surface area (Å²) in [5, 5.41) is 4.38. The monoisotopic (exact) mass is 519 g/mol. The maximum atomic E-state index is 12.7. The maximum Gasteiger partial charge on any atom is 0.188 e. The van der Waals surface area contributed by atoms with Crippen LogP contribution in [0.2, 0.25) is 10.0 Å². The fourth-order valence-electron chi connectivity index (χ4n) is 4.20. The van der Waals surface area contributed by atoms with Gasteiger partial charge in [-0.05, 0) is 49.7 Å². The second kappa shape index (κ2) is 12.3. The van der Waals surface area contributed by atoms with Crippen molar-refractivity contribution in [2.24, 2.45) is 0 Å². The van der Waals surface area contributed by atoms with Crippen LogP contribution in [0.1, 0.15) is 30.1 Å². The number of nitrogens with one attached hydrogen (secondary N) is 1. The molecule has 34 heavy (non-hydrogen) atoms. The van der Waals surface area contributed by atoms with Crippen LogP contribution in [0.5, 0.6) is 0 Å². The Balaban J connectivity index is 1.40. The van der Waals surface area contributed by atoms with E-state index in [-0.39, 0.29) is 5.78 Å². The van der Waals surface area contributed by atoms with Crippen LogP contribution >= 0.6 is 35.0 Å². The minimum atomic E-state index is -0.157. The fraction of sp³-hybridized carbons (Fsp3) is 0.423. The molecule has 0 aliphatic carbocycles. The van der Waals surface area contributed by atoms with Gasteiger partial charge in [0.1, 0.15) is 0 Å². The van der Waals surface area contributed by atoms with Crippen LogP contribution in [-0.2, 0) is 4.74 Å². The molecule has 8 heteroatoms. The van der Waals surface area contributed by atoms with Crippen LogP contribution in [0, 0.1) is 0 Å². The van der Waals surface area contributed by atoms with Crippen LogP contribution in [0.15, 0.2) is 58.5 Å². The van der Waals surface area contributed by atoms with Gasteiger partial charge in [-0.25, -0.2) is 0 Å². The quantitative estimate of drug-likeness (QED) is 0.337. The van der Waals surface area contributed by atoms with Gasteiger partial charge in [0.2, 0.25) is 0 Å². The molecule has 0 atom stereocenters. The van der Waals surface area contributed by atoms with E-state index < -0.39 is 0 Å². The highest BCUT2D eigenvalue weighted by atomic mass is 35.5. The number of ketones is 1. The van der Waals surface area contributed by atoms with E-state index in [0.29, 0.717) is 34.9 Å². The highest BCUT2D eigenvalue weighted by Gasteiger charge is 2.19. The van der Waals surface area contributed by atoms with Crippen LogP contribution in [-0.4, -0.2) is 67.6 Å². The van der Waals surface area contributed by atoms with E-state index in [4.69, 9.17) is 27.9 Å². The molecule has 0 spiro atoms. The van der Waals surface area contributed by atoms with Crippen molar-refractivity contribution in [3.63, 3.8) is 0 Å². The highest BCUT2D eigenvalue weighted by Crippen LogP contribution is 2.39. The zero-order chi connectivity index (χ0) is 23.9. The molecule has 0 amide bonds. The number of anilines is 1. The molecule has 0 unspecified atom stereocenters. The summed E-state index contributed by atoms with van der Waals surface area (Å²) >= 11 is 14.7. The second-order valence-electron chi connectivity index (χ2n) is 8.55. The van der Waals surface area contributed by atoms with Gasteiger partial charge in [0, 0.05) is 65.5 Å². The van der Waals surface area contributed by atoms with Gasteiger partial charge < -0.3 is 19.9 Å². The van der Waals surface area contributed by atoms with E-state index in [0.717, 1.165) is 61.0 Å². The fourth-order valence-corrected chi connectivity index (χ4v) is 5.70. The summed E-state index contributed by atoms with van der Waals surface area (Å²) in [7, 11) is 0. The Kier molecular flexibility index (Phi) is 9.20. The smallest absolute Gasteiger partial charge is 0.188 e. The third kappa shape index (κ3) is 6.70. The third-order valence-electron chi connectivity index (χ3n) is 6.26. The van der Waals surface area contributed by atoms with Crippen molar-refractivity contribution >= 4 is 46.4 Å². The summed E-state index contributed by atoms with van der Waals surface area (Å²) in [6, 6.07) is 12.5. The third-order valence-corrected chi connectivity index (χ3v) is 8.31. The van der Waals surface area contributed by atoms with Crippen molar-refractivity contribution in [1.29, 1.82) is 0 Å². The number of allylic oxidation sites excluding steroid dienone is 1. The van der Waals surface area contributed by atoms with Crippen LogP contribution in [0.25, 0.3) is 0 Å². The number of piperidine rings is 1. The van der Waals surface area contributed by atoms with E-state index >= 15 is 0 Å². The number of morpholine rings is 1. The number of nitrogens with zero attached hydrogens (tertiary/aromatic N) is 2. The first-order valence-corrected chi connectivity index (χ1v) is 13.4. The summed E-state index contributed by atoms with van der Waals surface area (Å²) < 4.78 is 5.33. The first-order chi connectivity index (χ1) is 16.5. The molecule has 2 aromatic carbocycles. The predicted octanol–water partition coefficient (Wildman–Crippen LogP) is 6.07. The molecule has 2 aromatic rings. The number of halogens is 2. The van der Waals surface area contributed by atoms with Crippen LogP contribution < -0.4 is 5.32 Å². The van der Waals surface area contributed by atoms with Crippen LogP contribution in [0.4, 0.5) is 5.69 Å².